The van der Waals surface area contributed by atoms with E-state index >= 15 is 0 Å². The van der Waals surface area contributed by atoms with E-state index in [4.69, 9.17) is 5.26 Å². The van der Waals surface area contributed by atoms with Crippen LogP contribution in [0.15, 0.2) is 23.9 Å². The smallest absolute Gasteiger partial charge is 0.0625 e. The zero-order chi connectivity index (χ0) is 7.23. The van der Waals surface area contributed by atoms with Crippen molar-refractivity contribution >= 4 is 0 Å². The molecule has 0 saturated carbocycles. The third-order valence-corrected chi connectivity index (χ3v) is 1.42. The van der Waals surface area contributed by atoms with Crippen LogP contribution in [0.1, 0.15) is 12.8 Å². The van der Waals surface area contributed by atoms with Crippen LogP contribution in [0.2, 0.25) is 0 Å². The van der Waals surface area contributed by atoms with Gasteiger partial charge in [-0.1, -0.05) is 6.08 Å². The Morgan fingerprint density at radius 2 is 2.60 bits per heavy atom. The fourth-order valence-corrected chi connectivity index (χ4v) is 0.878. The molecule has 0 aromatic carbocycles. The van der Waals surface area contributed by atoms with Crippen LogP contribution < -0.4 is 5.32 Å². The van der Waals surface area contributed by atoms with Crippen LogP contribution in [0.4, 0.5) is 0 Å². The lowest BCUT2D eigenvalue weighted by atomic mass is 10.1. The molecule has 0 fully saturated rings. The summed E-state index contributed by atoms with van der Waals surface area (Å²) in [5.74, 6) is 0. The van der Waals surface area contributed by atoms with Gasteiger partial charge >= 0.3 is 0 Å². The number of hydrogen-bond acceptors (Lipinski definition) is 2. The second-order valence-corrected chi connectivity index (χ2v) is 2.18. The van der Waals surface area contributed by atoms with Crippen LogP contribution in [-0.4, -0.2) is 6.54 Å². The Balaban J connectivity index is 2.34. The molecule has 2 nitrogen and oxygen atoms in total. The Kier molecular flexibility index (Phi) is 2.57. The molecule has 0 unspecified atom stereocenters. The Morgan fingerprint density at radius 1 is 1.70 bits per heavy atom. The number of nitriles is 1. The summed E-state index contributed by atoms with van der Waals surface area (Å²) in [6.45, 7) is 0.900. The van der Waals surface area contributed by atoms with Crippen molar-refractivity contribution in [2.24, 2.45) is 0 Å². The van der Waals surface area contributed by atoms with Gasteiger partial charge in [-0.3, -0.25) is 0 Å². The molecule has 0 amide bonds. The molecule has 1 aliphatic rings. The number of nitrogens with zero attached hydrogens (tertiary/aromatic N) is 1. The highest BCUT2D eigenvalue weighted by atomic mass is 14.8. The van der Waals surface area contributed by atoms with Crippen molar-refractivity contribution in [1.29, 1.82) is 5.26 Å². The average Bonchev–Trinajstić information content (AvgIpc) is 2.03. The molecule has 0 aromatic heterocycles. The van der Waals surface area contributed by atoms with Gasteiger partial charge in [-0.25, -0.2) is 0 Å². The molecule has 10 heavy (non-hydrogen) atoms. The van der Waals surface area contributed by atoms with E-state index in [-0.39, 0.29) is 0 Å². The van der Waals surface area contributed by atoms with Crippen LogP contribution in [0.3, 0.4) is 0 Å². The van der Waals surface area contributed by atoms with E-state index < -0.39 is 0 Å². The molecule has 1 rings (SSSR count). The Bertz CT molecular complexity index is 196. The molecule has 1 aliphatic heterocycles. The number of rotatable bonds is 2. The summed E-state index contributed by atoms with van der Waals surface area (Å²) in [5.41, 5.74) is 1.26. The summed E-state index contributed by atoms with van der Waals surface area (Å²) in [4.78, 5) is 0. The molecule has 52 valence electrons. The van der Waals surface area contributed by atoms with Gasteiger partial charge in [0.1, 0.15) is 0 Å². The average molecular weight is 134 g/mol. The van der Waals surface area contributed by atoms with Crippen LogP contribution in [0, 0.1) is 11.3 Å². The van der Waals surface area contributed by atoms with Crippen molar-refractivity contribution in [1.82, 2.24) is 5.32 Å². The van der Waals surface area contributed by atoms with Crippen LogP contribution in [-0.2, 0) is 0 Å². The zero-order valence-corrected chi connectivity index (χ0v) is 5.80. The molecule has 1 N–H and O–H groups in total. The second kappa shape index (κ2) is 3.73. The first kappa shape index (κ1) is 6.88. The van der Waals surface area contributed by atoms with Crippen molar-refractivity contribution in [3.63, 3.8) is 0 Å². The number of nitrogens with one attached hydrogen (secondary N) is 1. The van der Waals surface area contributed by atoms with Gasteiger partial charge in [-0.2, -0.15) is 5.26 Å². The minimum Gasteiger partial charge on any atom is -0.387 e. The molecule has 0 radical (unpaired) electrons. The third-order valence-electron chi connectivity index (χ3n) is 1.42. The molecule has 1 heterocycles. The van der Waals surface area contributed by atoms with E-state index in [1.165, 1.54) is 5.57 Å². The van der Waals surface area contributed by atoms with Crippen molar-refractivity contribution in [2.45, 2.75) is 12.8 Å². The zero-order valence-electron chi connectivity index (χ0n) is 5.80. The highest BCUT2D eigenvalue weighted by Crippen LogP contribution is 2.07. The van der Waals surface area contributed by atoms with Gasteiger partial charge in [0, 0.05) is 13.0 Å². The molecule has 0 atom stereocenters. The summed E-state index contributed by atoms with van der Waals surface area (Å²) in [6.07, 6.45) is 7.55. The first-order valence-electron chi connectivity index (χ1n) is 3.39. The molecule has 0 aliphatic carbocycles. The lowest BCUT2D eigenvalue weighted by Crippen LogP contribution is -2.08. The Hall–Kier alpha value is -1.23. The first-order chi connectivity index (χ1) is 4.93. The van der Waals surface area contributed by atoms with Crippen LogP contribution in [0.25, 0.3) is 0 Å². The number of hydrogen-bond donors (Lipinski definition) is 1. The normalized spacial score (nSPS) is 15.3. The predicted molar refractivity (Wildman–Crippen MR) is 40.1 cm³/mol. The van der Waals surface area contributed by atoms with Crippen LogP contribution >= 0.6 is 0 Å². The molecule has 0 bridgehead atoms. The van der Waals surface area contributed by atoms with Gasteiger partial charge in [0.25, 0.3) is 0 Å². The van der Waals surface area contributed by atoms with Crippen molar-refractivity contribution < 1.29 is 0 Å². The largest absolute Gasteiger partial charge is 0.387 e. The summed E-state index contributed by atoms with van der Waals surface area (Å²) < 4.78 is 0. The quantitative estimate of drug-likeness (QED) is 0.618. The highest BCUT2D eigenvalue weighted by molar-refractivity contribution is 5.22. The molecular formula is C8H10N2. The fraction of sp³-hybridized carbons (Fsp3) is 0.375. The topological polar surface area (TPSA) is 35.8 Å². The lowest BCUT2D eigenvalue weighted by Gasteiger charge is -2.05. The maximum absolute atomic E-state index is 8.28. The predicted octanol–water partition coefficient (Wildman–Crippen LogP) is 1.33. The highest BCUT2D eigenvalue weighted by Gasteiger charge is 1.94. The van der Waals surface area contributed by atoms with E-state index in [1.807, 2.05) is 12.3 Å². The minimum atomic E-state index is 0.621. The van der Waals surface area contributed by atoms with E-state index in [1.54, 1.807) is 0 Å². The van der Waals surface area contributed by atoms with Gasteiger partial charge in [0.2, 0.25) is 0 Å². The Morgan fingerprint density at radius 3 is 3.20 bits per heavy atom. The first-order valence-corrected chi connectivity index (χ1v) is 3.39. The maximum Gasteiger partial charge on any atom is 0.0625 e. The van der Waals surface area contributed by atoms with Gasteiger partial charge in [0.15, 0.2) is 0 Å². The third kappa shape index (κ3) is 1.94. The summed E-state index contributed by atoms with van der Waals surface area (Å²) in [6, 6.07) is 2.12. The number of dihydropyridines is 1. The van der Waals surface area contributed by atoms with Gasteiger partial charge in [0.05, 0.1) is 6.07 Å². The molecule has 0 aromatic rings. The molecule has 0 saturated heterocycles. The second-order valence-electron chi connectivity index (χ2n) is 2.18. The molecule has 2 heteroatoms. The van der Waals surface area contributed by atoms with E-state index in [2.05, 4.69) is 17.5 Å². The lowest BCUT2D eigenvalue weighted by molar-refractivity contribution is 0.918. The molecular weight excluding hydrogens is 124 g/mol. The molecule has 0 spiro atoms. The van der Waals surface area contributed by atoms with Crippen molar-refractivity contribution in [2.75, 3.05) is 6.54 Å². The number of allylic oxidation sites excluding steroid dienone is 2. The maximum atomic E-state index is 8.28. The summed E-state index contributed by atoms with van der Waals surface area (Å²) >= 11 is 0. The minimum absolute atomic E-state index is 0.621. The summed E-state index contributed by atoms with van der Waals surface area (Å²) in [7, 11) is 0. The van der Waals surface area contributed by atoms with E-state index in [9.17, 15) is 0 Å². The monoisotopic (exact) mass is 134 g/mol. The van der Waals surface area contributed by atoms with E-state index in [0.29, 0.717) is 6.42 Å². The van der Waals surface area contributed by atoms with Gasteiger partial charge in [-0.15, -0.1) is 0 Å². The van der Waals surface area contributed by atoms with Crippen molar-refractivity contribution in [3.05, 3.63) is 23.9 Å². The fourth-order valence-electron chi connectivity index (χ4n) is 0.878. The van der Waals surface area contributed by atoms with E-state index in [0.717, 1.165) is 13.0 Å². The van der Waals surface area contributed by atoms with Crippen molar-refractivity contribution in [3.8, 4) is 6.07 Å². The van der Waals surface area contributed by atoms with Crippen LogP contribution in [0.5, 0.6) is 0 Å². The van der Waals surface area contributed by atoms with Gasteiger partial charge in [-0.05, 0) is 24.3 Å². The SMILES string of the molecule is N#CCCC1=CCNC=C1. The Labute approximate surface area is 60.9 Å². The van der Waals surface area contributed by atoms with Gasteiger partial charge < -0.3 is 5.32 Å². The standard InChI is InChI=1S/C8H10N2/c9-5-1-2-8-3-6-10-7-4-8/h3-4,6,10H,1-2,7H2. The summed E-state index contributed by atoms with van der Waals surface area (Å²) in [5, 5.41) is 11.3.